The van der Waals surface area contributed by atoms with Gasteiger partial charge in [0, 0.05) is 6.04 Å². The molecule has 0 radical (unpaired) electrons. The number of methoxy groups -OCH3 is 1. The number of benzene rings is 1. The number of hydrogen-bond acceptors (Lipinski definition) is 4. The first kappa shape index (κ1) is 15.3. The predicted octanol–water partition coefficient (Wildman–Crippen LogP) is 2.30. The third-order valence-electron chi connectivity index (χ3n) is 3.03. The van der Waals surface area contributed by atoms with E-state index in [0.29, 0.717) is 12.2 Å². The highest BCUT2D eigenvalue weighted by Crippen LogP contribution is 2.29. The van der Waals surface area contributed by atoms with Gasteiger partial charge in [0.2, 0.25) is 0 Å². The molecule has 0 heterocycles. The molecule has 0 aromatic heterocycles. The summed E-state index contributed by atoms with van der Waals surface area (Å²) in [7, 11) is 1.48. The number of rotatable bonds is 7. The summed E-state index contributed by atoms with van der Waals surface area (Å²) >= 11 is 0. The standard InChI is InChI=1S/C14H21NO4/c1-4-5-11(14(17)18)15-9(2)10-6-7-12(16)13(8-10)19-3/h6-9,11,15-16H,4-5H2,1-3H3,(H,17,18). The summed E-state index contributed by atoms with van der Waals surface area (Å²) < 4.78 is 5.04. The predicted molar refractivity (Wildman–Crippen MR) is 72.5 cm³/mol. The number of phenolic OH excluding ortho intramolecular Hbond substituents is 1. The van der Waals surface area contributed by atoms with Crippen LogP contribution in [-0.4, -0.2) is 29.3 Å². The summed E-state index contributed by atoms with van der Waals surface area (Å²) in [5, 5.41) is 21.7. The van der Waals surface area contributed by atoms with E-state index in [9.17, 15) is 9.90 Å². The second-order valence-electron chi connectivity index (χ2n) is 4.50. The topological polar surface area (TPSA) is 78.8 Å². The molecule has 1 rings (SSSR count). The van der Waals surface area contributed by atoms with Gasteiger partial charge in [-0.25, -0.2) is 0 Å². The Labute approximate surface area is 113 Å². The van der Waals surface area contributed by atoms with Gasteiger partial charge in [0.15, 0.2) is 11.5 Å². The Morgan fingerprint density at radius 1 is 1.47 bits per heavy atom. The van der Waals surface area contributed by atoms with Crippen LogP contribution in [0, 0.1) is 0 Å². The number of phenols is 1. The molecule has 2 unspecified atom stereocenters. The highest BCUT2D eigenvalue weighted by atomic mass is 16.5. The first-order chi connectivity index (χ1) is 8.99. The van der Waals surface area contributed by atoms with Gasteiger partial charge in [-0.1, -0.05) is 19.4 Å². The lowest BCUT2D eigenvalue weighted by Gasteiger charge is -2.20. The van der Waals surface area contributed by atoms with Crippen molar-refractivity contribution in [1.82, 2.24) is 5.32 Å². The van der Waals surface area contributed by atoms with Gasteiger partial charge in [0.05, 0.1) is 7.11 Å². The second-order valence-corrected chi connectivity index (χ2v) is 4.50. The zero-order valence-electron chi connectivity index (χ0n) is 11.5. The van der Waals surface area contributed by atoms with E-state index in [1.165, 1.54) is 7.11 Å². The molecule has 0 spiro atoms. The van der Waals surface area contributed by atoms with Gasteiger partial charge >= 0.3 is 5.97 Å². The number of carbonyl (C=O) groups is 1. The molecule has 2 atom stereocenters. The quantitative estimate of drug-likeness (QED) is 0.706. The molecule has 1 aromatic carbocycles. The van der Waals surface area contributed by atoms with E-state index < -0.39 is 12.0 Å². The first-order valence-electron chi connectivity index (χ1n) is 6.35. The molecule has 1 aromatic rings. The van der Waals surface area contributed by atoms with Crippen molar-refractivity contribution in [2.24, 2.45) is 0 Å². The van der Waals surface area contributed by atoms with Crippen LogP contribution in [0.25, 0.3) is 0 Å². The lowest BCUT2D eigenvalue weighted by atomic mass is 10.0. The fraction of sp³-hybridized carbons (Fsp3) is 0.500. The number of carboxylic acids is 1. The minimum absolute atomic E-state index is 0.0711. The fourth-order valence-electron chi connectivity index (χ4n) is 1.93. The van der Waals surface area contributed by atoms with Crippen molar-refractivity contribution in [3.63, 3.8) is 0 Å². The number of aliphatic carboxylic acids is 1. The number of nitrogens with one attached hydrogen (secondary N) is 1. The van der Waals surface area contributed by atoms with E-state index in [2.05, 4.69) is 5.32 Å². The van der Waals surface area contributed by atoms with Crippen molar-refractivity contribution in [3.05, 3.63) is 23.8 Å². The average Bonchev–Trinajstić information content (AvgIpc) is 2.38. The molecule has 5 heteroatoms. The molecule has 0 aliphatic heterocycles. The maximum absolute atomic E-state index is 11.1. The number of aromatic hydroxyl groups is 1. The molecule has 0 fully saturated rings. The molecular formula is C14H21NO4. The Morgan fingerprint density at radius 3 is 2.68 bits per heavy atom. The van der Waals surface area contributed by atoms with Crippen LogP contribution in [0.3, 0.4) is 0 Å². The van der Waals surface area contributed by atoms with E-state index >= 15 is 0 Å². The molecule has 0 bridgehead atoms. The van der Waals surface area contributed by atoms with E-state index in [1.807, 2.05) is 13.8 Å². The van der Waals surface area contributed by atoms with Crippen LogP contribution in [0.5, 0.6) is 11.5 Å². The molecule has 3 N–H and O–H groups in total. The van der Waals surface area contributed by atoms with Crippen LogP contribution in [0.4, 0.5) is 0 Å². The zero-order chi connectivity index (χ0) is 14.4. The highest BCUT2D eigenvalue weighted by molar-refractivity contribution is 5.73. The molecular weight excluding hydrogens is 246 g/mol. The second kappa shape index (κ2) is 6.99. The molecule has 0 amide bonds. The summed E-state index contributed by atoms with van der Waals surface area (Å²) in [5.41, 5.74) is 0.872. The van der Waals surface area contributed by atoms with Gasteiger partial charge in [0.1, 0.15) is 6.04 Å². The van der Waals surface area contributed by atoms with E-state index in [0.717, 1.165) is 12.0 Å². The minimum Gasteiger partial charge on any atom is -0.504 e. The van der Waals surface area contributed by atoms with Gasteiger partial charge in [-0.3, -0.25) is 10.1 Å². The van der Waals surface area contributed by atoms with Crippen molar-refractivity contribution in [2.75, 3.05) is 7.11 Å². The fourth-order valence-corrected chi connectivity index (χ4v) is 1.93. The summed E-state index contributed by atoms with van der Waals surface area (Å²) in [6.45, 7) is 3.84. The van der Waals surface area contributed by atoms with E-state index in [-0.39, 0.29) is 11.8 Å². The number of ether oxygens (including phenoxy) is 1. The van der Waals surface area contributed by atoms with Crippen molar-refractivity contribution >= 4 is 5.97 Å². The average molecular weight is 267 g/mol. The Balaban J connectivity index is 2.81. The summed E-state index contributed by atoms with van der Waals surface area (Å²) in [6, 6.07) is 4.29. The summed E-state index contributed by atoms with van der Waals surface area (Å²) in [6.07, 6.45) is 1.38. The van der Waals surface area contributed by atoms with E-state index in [4.69, 9.17) is 9.84 Å². The Morgan fingerprint density at radius 2 is 2.16 bits per heavy atom. The molecule has 106 valence electrons. The first-order valence-corrected chi connectivity index (χ1v) is 6.35. The van der Waals surface area contributed by atoms with Gasteiger partial charge in [-0.05, 0) is 31.0 Å². The van der Waals surface area contributed by atoms with Crippen LogP contribution in [0.15, 0.2) is 18.2 Å². The zero-order valence-corrected chi connectivity index (χ0v) is 11.5. The normalized spacial score (nSPS) is 13.8. The smallest absolute Gasteiger partial charge is 0.320 e. The molecule has 0 aliphatic rings. The Kier molecular flexibility index (Phi) is 5.63. The van der Waals surface area contributed by atoms with Crippen molar-refractivity contribution in [1.29, 1.82) is 0 Å². The van der Waals surface area contributed by atoms with E-state index in [1.54, 1.807) is 18.2 Å². The van der Waals surface area contributed by atoms with Crippen molar-refractivity contribution < 1.29 is 19.7 Å². The summed E-state index contributed by atoms with van der Waals surface area (Å²) in [5.74, 6) is -0.394. The van der Waals surface area contributed by atoms with Gasteiger partial charge in [-0.2, -0.15) is 0 Å². The molecule has 0 saturated carbocycles. The van der Waals surface area contributed by atoms with Crippen LogP contribution in [0.1, 0.15) is 38.3 Å². The Bertz CT molecular complexity index is 433. The van der Waals surface area contributed by atoms with Crippen LogP contribution >= 0.6 is 0 Å². The maximum Gasteiger partial charge on any atom is 0.320 e. The van der Waals surface area contributed by atoms with Crippen LogP contribution in [-0.2, 0) is 4.79 Å². The third kappa shape index (κ3) is 4.13. The number of carboxylic acid groups (broad SMARTS) is 1. The SMILES string of the molecule is CCCC(NC(C)c1ccc(O)c(OC)c1)C(=O)O. The van der Waals surface area contributed by atoms with Crippen LogP contribution in [0.2, 0.25) is 0 Å². The minimum atomic E-state index is -0.848. The number of hydrogen-bond donors (Lipinski definition) is 3. The highest BCUT2D eigenvalue weighted by Gasteiger charge is 2.19. The third-order valence-corrected chi connectivity index (χ3v) is 3.03. The summed E-state index contributed by atoms with van der Waals surface area (Å²) in [4.78, 5) is 11.1. The van der Waals surface area contributed by atoms with Crippen LogP contribution < -0.4 is 10.1 Å². The monoisotopic (exact) mass is 267 g/mol. The molecule has 0 aliphatic carbocycles. The van der Waals surface area contributed by atoms with Gasteiger partial charge in [0.25, 0.3) is 0 Å². The lowest BCUT2D eigenvalue weighted by Crippen LogP contribution is -2.38. The molecule has 5 nitrogen and oxygen atoms in total. The van der Waals surface area contributed by atoms with Crippen molar-refractivity contribution in [2.45, 2.75) is 38.8 Å². The maximum atomic E-state index is 11.1. The Hall–Kier alpha value is -1.75. The van der Waals surface area contributed by atoms with Gasteiger partial charge < -0.3 is 14.9 Å². The molecule has 19 heavy (non-hydrogen) atoms. The largest absolute Gasteiger partial charge is 0.504 e. The lowest BCUT2D eigenvalue weighted by molar-refractivity contribution is -0.139. The van der Waals surface area contributed by atoms with Gasteiger partial charge in [-0.15, -0.1) is 0 Å². The molecule has 0 saturated heterocycles. The van der Waals surface area contributed by atoms with Crippen molar-refractivity contribution in [3.8, 4) is 11.5 Å².